The summed E-state index contributed by atoms with van der Waals surface area (Å²) in [5, 5.41) is 13.4. The van der Waals surface area contributed by atoms with Gasteiger partial charge in [-0.15, -0.1) is 0 Å². The minimum Gasteiger partial charge on any atom is -0.467 e. The van der Waals surface area contributed by atoms with Crippen LogP contribution in [-0.4, -0.2) is 21.6 Å². The number of rotatable bonds is 6. The van der Waals surface area contributed by atoms with E-state index in [2.05, 4.69) is 15.3 Å². The Morgan fingerprint density at radius 1 is 1.19 bits per heavy atom. The third-order valence-electron chi connectivity index (χ3n) is 3.31. The van der Waals surface area contributed by atoms with Gasteiger partial charge < -0.3 is 19.8 Å². The van der Waals surface area contributed by atoms with E-state index in [9.17, 15) is 5.11 Å². The number of furan rings is 1. The van der Waals surface area contributed by atoms with E-state index in [0.29, 0.717) is 12.3 Å². The smallest absolute Gasteiger partial charge is 0.133 e. The fraction of sp³-hybridized carbons (Fsp3) is 0.188. The van der Waals surface area contributed by atoms with Gasteiger partial charge >= 0.3 is 0 Å². The standard InChI is InChI=1S/C16H17N3O2/c20-13(14-7-4-10-21-14)11-19-15(16-17-8-9-18-16)12-5-2-1-3-6-12/h1-10,13,15,19-20H,11H2,(H,17,18)/t13-,15-/m0/s1. The summed E-state index contributed by atoms with van der Waals surface area (Å²) in [6.45, 7) is 0.369. The van der Waals surface area contributed by atoms with Crippen LogP contribution in [0.5, 0.6) is 0 Å². The minimum absolute atomic E-state index is 0.106. The Bertz CT molecular complexity index is 635. The molecule has 108 valence electrons. The molecule has 2 heterocycles. The molecule has 0 unspecified atom stereocenters. The Balaban J connectivity index is 1.74. The van der Waals surface area contributed by atoms with Crippen LogP contribution in [0, 0.1) is 0 Å². The average Bonchev–Trinajstić information content (AvgIpc) is 3.22. The molecule has 0 bridgehead atoms. The van der Waals surface area contributed by atoms with Crippen LogP contribution in [0.1, 0.15) is 29.3 Å². The molecule has 3 N–H and O–H groups in total. The molecule has 0 aliphatic heterocycles. The summed E-state index contributed by atoms with van der Waals surface area (Å²) in [6, 6.07) is 13.4. The highest BCUT2D eigenvalue weighted by atomic mass is 16.4. The van der Waals surface area contributed by atoms with Crippen molar-refractivity contribution in [1.29, 1.82) is 0 Å². The molecule has 2 atom stereocenters. The molecule has 5 nitrogen and oxygen atoms in total. The molecule has 0 amide bonds. The molecule has 0 saturated carbocycles. The second-order valence-electron chi connectivity index (χ2n) is 4.76. The van der Waals surface area contributed by atoms with Gasteiger partial charge in [0.1, 0.15) is 17.7 Å². The monoisotopic (exact) mass is 283 g/mol. The third-order valence-corrected chi connectivity index (χ3v) is 3.31. The van der Waals surface area contributed by atoms with Crippen molar-refractivity contribution in [2.75, 3.05) is 6.54 Å². The Morgan fingerprint density at radius 3 is 2.71 bits per heavy atom. The number of aliphatic hydroxyl groups excluding tert-OH is 1. The first kappa shape index (κ1) is 13.6. The third kappa shape index (κ3) is 3.21. The topological polar surface area (TPSA) is 74.1 Å². The number of aromatic amines is 1. The number of aliphatic hydroxyl groups is 1. The van der Waals surface area contributed by atoms with Crippen molar-refractivity contribution in [2.45, 2.75) is 12.1 Å². The van der Waals surface area contributed by atoms with Crippen molar-refractivity contribution in [3.8, 4) is 0 Å². The van der Waals surface area contributed by atoms with Crippen LogP contribution in [0.25, 0.3) is 0 Å². The Morgan fingerprint density at radius 2 is 2.05 bits per heavy atom. The summed E-state index contributed by atoms with van der Waals surface area (Å²) >= 11 is 0. The lowest BCUT2D eigenvalue weighted by Crippen LogP contribution is -2.28. The van der Waals surface area contributed by atoms with E-state index in [1.807, 2.05) is 30.3 Å². The highest BCUT2D eigenvalue weighted by molar-refractivity contribution is 5.24. The van der Waals surface area contributed by atoms with Crippen molar-refractivity contribution in [3.63, 3.8) is 0 Å². The summed E-state index contributed by atoms with van der Waals surface area (Å²) in [5.74, 6) is 1.36. The number of hydrogen-bond acceptors (Lipinski definition) is 4. The molecule has 0 fully saturated rings. The maximum absolute atomic E-state index is 10.1. The van der Waals surface area contributed by atoms with Crippen LogP contribution in [0.4, 0.5) is 0 Å². The first-order valence-corrected chi connectivity index (χ1v) is 6.83. The average molecular weight is 283 g/mol. The van der Waals surface area contributed by atoms with Crippen molar-refractivity contribution in [2.24, 2.45) is 0 Å². The van der Waals surface area contributed by atoms with Crippen LogP contribution in [0.15, 0.2) is 65.5 Å². The predicted molar refractivity (Wildman–Crippen MR) is 78.5 cm³/mol. The highest BCUT2D eigenvalue weighted by Crippen LogP contribution is 2.20. The molecular formula is C16H17N3O2. The number of H-pyrrole nitrogens is 1. The Kier molecular flexibility index (Phi) is 4.14. The zero-order valence-electron chi connectivity index (χ0n) is 11.4. The van der Waals surface area contributed by atoms with Crippen molar-refractivity contribution < 1.29 is 9.52 Å². The first-order valence-electron chi connectivity index (χ1n) is 6.83. The van der Waals surface area contributed by atoms with Gasteiger partial charge in [-0.3, -0.25) is 0 Å². The molecule has 0 saturated heterocycles. The quantitative estimate of drug-likeness (QED) is 0.649. The maximum atomic E-state index is 10.1. The van der Waals surface area contributed by atoms with E-state index >= 15 is 0 Å². The van der Waals surface area contributed by atoms with E-state index in [4.69, 9.17) is 4.42 Å². The predicted octanol–water partition coefficient (Wildman–Crippen LogP) is 2.42. The number of hydrogen-bond donors (Lipinski definition) is 3. The lowest BCUT2D eigenvalue weighted by molar-refractivity contribution is 0.144. The SMILES string of the molecule is O[C@@H](CN[C@@H](c1ccccc1)c1ncc[nH]1)c1ccco1. The fourth-order valence-electron chi connectivity index (χ4n) is 2.26. The van der Waals surface area contributed by atoms with Crippen LogP contribution in [-0.2, 0) is 0 Å². The first-order chi connectivity index (χ1) is 10.3. The van der Waals surface area contributed by atoms with Crippen LogP contribution < -0.4 is 5.32 Å². The fourth-order valence-corrected chi connectivity index (χ4v) is 2.26. The van der Waals surface area contributed by atoms with E-state index in [-0.39, 0.29) is 6.04 Å². The summed E-state index contributed by atoms with van der Waals surface area (Å²) in [5.41, 5.74) is 1.08. The number of nitrogens with one attached hydrogen (secondary N) is 2. The van der Waals surface area contributed by atoms with Crippen LogP contribution in [0.2, 0.25) is 0 Å². The van der Waals surface area contributed by atoms with E-state index in [1.165, 1.54) is 0 Å². The van der Waals surface area contributed by atoms with Gasteiger partial charge in [-0.05, 0) is 17.7 Å². The molecule has 0 aliphatic carbocycles. The van der Waals surface area contributed by atoms with Crippen molar-refractivity contribution >= 4 is 0 Å². The van der Waals surface area contributed by atoms with Gasteiger partial charge in [0.05, 0.1) is 12.3 Å². The molecule has 3 rings (SSSR count). The molecule has 21 heavy (non-hydrogen) atoms. The zero-order valence-corrected chi connectivity index (χ0v) is 11.4. The van der Waals surface area contributed by atoms with Gasteiger partial charge in [-0.25, -0.2) is 4.98 Å². The second kappa shape index (κ2) is 6.39. The van der Waals surface area contributed by atoms with Gasteiger partial charge in [0, 0.05) is 18.9 Å². The zero-order chi connectivity index (χ0) is 14.5. The van der Waals surface area contributed by atoms with Crippen molar-refractivity contribution in [3.05, 3.63) is 78.3 Å². The molecule has 3 aromatic rings. The largest absolute Gasteiger partial charge is 0.467 e. The van der Waals surface area contributed by atoms with Crippen LogP contribution in [0.3, 0.4) is 0 Å². The summed E-state index contributed by atoms with van der Waals surface area (Å²) in [4.78, 5) is 7.43. The van der Waals surface area contributed by atoms with Gasteiger partial charge in [-0.2, -0.15) is 0 Å². The molecule has 0 aliphatic rings. The van der Waals surface area contributed by atoms with Gasteiger partial charge in [0.25, 0.3) is 0 Å². The van der Waals surface area contributed by atoms with Crippen LogP contribution >= 0.6 is 0 Å². The number of imidazole rings is 1. The van der Waals surface area contributed by atoms with Crippen molar-refractivity contribution in [1.82, 2.24) is 15.3 Å². The summed E-state index contributed by atoms with van der Waals surface area (Å²) < 4.78 is 5.21. The molecule has 0 radical (unpaired) electrons. The molecule has 5 heteroatoms. The molecular weight excluding hydrogens is 266 g/mol. The lowest BCUT2D eigenvalue weighted by Gasteiger charge is -2.19. The maximum Gasteiger partial charge on any atom is 0.133 e. The normalized spacial score (nSPS) is 14.0. The summed E-state index contributed by atoms with van der Waals surface area (Å²) in [7, 11) is 0. The number of aromatic nitrogens is 2. The minimum atomic E-state index is -0.693. The summed E-state index contributed by atoms with van der Waals surface area (Å²) in [6.07, 6.45) is 4.37. The molecule has 0 spiro atoms. The van der Waals surface area contributed by atoms with Gasteiger partial charge in [0.15, 0.2) is 0 Å². The van der Waals surface area contributed by atoms with E-state index < -0.39 is 6.10 Å². The Labute approximate surface area is 122 Å². The Hall–Kier alpha value is -2.37. The number of nitrogens with zero attached hydrogens (tertiary/aromatic N) is 1. The van der Waals surface area contributed by atoms with E-state index in [1.54, 1.807) is 30.8 Å². The molecule has 1 aromatic carbocycles. The van der Waals surface area contributed by atoms with E-state index in [0.717, 1.165) is 11.4 Å². The highest BCUT2D eigenvalue weighted by Gasteiger charge is 2.18. The van der Waals surface area contributed by atoms with Gasteiger partial charge in [0.2, 0.25) is 0 Å². The second-order valence-corrected chi connectivity index (χ2v) is 4.76. The van der Waals surface area contributed by atoms with Gasteiger partial charge in [-0.1, -0.05) is 30.3 Å². The molecule has 2 aromatic heterocycles. The number of benzene rings is 1. The lowest BCUT2D eigenvalue weighted by atomic mass is 10.1.